The molecule has 0 saturated carbocycles. The van der Waals surface area contributed by atoms with E-state index in [0.29, 0.717) is 16.3 Å². The monoisotopic (exact) mass is 321 g/mol. The van der Waals surface area contributed by atoms with Gasteiger partial charge in [0.05, 0.1) is 7.11 Å². The maximum absolute atomic E-state index is 13.3. The van der Waals surface area contributed by atoms with Crippen molar-refractivity contribution in [2.24, 2.45) is 5.41 Å². The van der Waals surface area contributed by atoms with E-state index in [1.807, 2.05) is 0 Å². The van der Waals surface area contributed by atoms with Gasteiger partial charge in [0.2, 0.25) is 0 Å². The maximum atomic E-state index is 13.3. The van der Waals surface area contributed by atoms with E-state index in [1.165, 1.54) is 19.2 Å². The second-order valence-electron chi connectivity index (χ2n) is 5.06. The van der Waals surface area contributed by atoms with Gasteiger partial charge >= 0.3 is 6.18 Å². The quantitative estimate of drug-likeness (QED) is 0.926. The Balaban J connectivity index is 2.30. The lowest BCUT2D eigenvalue weighted by atomic mass is 9.79. The number of carbonyl (C=O) groups is 1. The predicted octanol–water partition coefficient (Wildman–Crippen LogP) is 3.00. The van der Waals surface area contributed by atoms with Crippen molar-refractivity contribution in [2.45, 2.75) is 19.0 Å². The van der Waals surface area contributed by atoms with E-state index in [4.69, 9.17) is 16.3 Å². The standard InChI is InChI=1S/C14H15ClF3NO2/c1-21-11-3-2-10(15)6-9(11)7-12(20)13(14(16,17)18)4-5-19-8-13/h2-3,6,19H,4-5,7-8H2,1H3. The van der Waals surface area contributed by atoms with Crippen LogP contribution in [0.4, 0.5) is 13.2 Å². The molecule has 1 aromatic rings. The molecule has 1 atom stereocenters. The fraction of sp³-hybridized carbons (Fsp3) is 0.500. The highest BCUT2D eigenvalue weighted by Crippen LogP contribution is 2.44. The molecule has 0 bridgehead atoms. The summed E-state index contributed by atoms with van der Waals surface area (Å²) in [6.45, 7) is -0.198. The van der Waals surface area contributed by atoms with Crippen molar-refractivity contribution in [2.75, 3.05) is 20.2 Å². The minimum Gasteiger partial charge on any atom is -0.496 e. The van der Waals surface area contributed by atoms with Gasteiger partial charge in [-0.25, -0.2) is 0 Å². The van der Waals surface area contributed by atoms with Gasteiger partial charge < -0.3 is 10.1 Å². The molecule has 7 heteroatoms. The smallest absolute Gasteiger partial charge is 0.402 e. The van der Waals surface area contributed by atoms with E-state index in [2.05, 4.69) is 5.32 Å². The molecule has 1 N–H and O–H groups in total. The van der Waals surface area contributed by atoms with Crippen molar-refractivity contribution in [3.8, 4) is 5.75 Å². The Morgan fingerprint density at radius 3 is 2.71 bits per heavy atom. The first-order valence-corrected chi connectivity index (χ1v) is 6.81. The van der Waals surface area contributed by atoms with Crippen molar-refractivity contribution >= 4 is 17.4 Å². The van der Waals surface area contributed by atoms with Gasteiger partial charge in [-0.05, 0) is 31.2 Å². The highest BCUT2D eigenvalue weighted by Gasteiger charge is 2.60. The molecule has 2 rings (SSSR count). The molecule has 1 heterocycles. The molecule has 0 spiro atoms. The molecule has 3 nitrogen and oxygen atoms in total. The molecule has 1 aromatic carbocycles. The van der Waals surface area contributed by atoms with Crippen molar-refractivity contribution in [3.05, 3.63) is 28.8 Å². The van der Waals surface area contributed by atoms with Crippen LogP contribution in [0, 0.1) is 5.41 Å². The minimum atomic E-state index is -4.57. The number of ketones is 1. The molecule has 1 aliphatic heterocycles. The Bertz CT molecular complexity index is 540. The molecular formula is C14H15ClF3NO2. The van der Waals surface area contributed by atoms with Crippen molar-refractivity contribution in [1.82, 2.24) is 5.32 Å². The third-order valence-electron chi connectivity index (χ3n) is 3.83. The number of methoxy groups -OCH3 is 1. The van der Waals surface area contributed by atoms with Gasteiger partial charge in [0.15, 0.2) is 5.78 Å². The summed E-state index contributed by atoms with van der Waals surface area (Å²) in [7, 11) is 1.40. The van der Waals surface area contributed by atoms with Gasteiger partial charge in [0.25, 0.3) is 0 Å². The van der Waals surface area contributed by atoms with Crippen LogP contribution >= 0.6 is 11.6 Å². The van der Waals surface area contributed by atoms with Gasteiger partial charge in [0.1, 0.15) is 11.2 Å². The number of rotatable bonds is 4. The summed E-state index contributed by atoms with van der Waals surface area (Å²) >= 11 is 5.84. The first kappa shape index (κ1) is 16.1. The van der Waals surface area contributed by atoms with Crippen LogP contribution in [0.2, 0.25) is 5.02 Å². The highest BCUT2D eigenvalue weighted by atomic mass is 35.5. The Morgan fingerprint density at radius 2 is 2.19 bits per heavy atom. The first-order valence-electron chi connectivity index (χ1n) is 6.43. The molecule has 0 radical (unpaired) electrons. The largest absolute Gasteiger partial charge is 0.496 e. The van der Waals surface area contributed by atoms with Gasteiger partial charge in [-0.2, -0.15) is 13.2 Å². The van der Waals surface area contributed by atoms with Crippen molar-refractivity contribution < 1.29 is 22.7 Å². The molecule has 1 unspecified atom stereocenters. The van der Waals surface area contributed by atoms with Crippen LogP contribution in [0.1, 0.15) is 12.0 Å². The Morgan fingerprint density at radius 1 is 1.48 bits per heavy atom. The van der Waals surface area contributed by atoms with Gasteiger partial charge in [-0.3, -0.25) is 4.79 Å². The zero-order chi connectivity index (χ0) is 15.7. The van der Waals surface area contributed by atoms with Gasteiger partial charge in [-0.15, -0.1) is 0 Å². The number of alkyl halides is 3. The van der Waals surface area contributed by atoms with Gasteiger partial charge in [0, 0.05) is 23.6 Å². The summed E-state index contributed by atoms with van der Waals surface area (Å²) in [6.07, 6.45) is -5.16. The molecule has 0 amide bonds. The summed E-state index contributed by atoms with van der Waals surface area (Å²) in [4.78, 5) is 12.3. The molecule has 0 aliphatic carbocycles. The lowest BCUT2D eigenvalue weighted by Gasteiger charge is -2.29. The summed E-state index contributed by atoms with van der Waals surface area (Å²) in [6, 6.07) is 4.56. The number of halogens is 4. The number of hydrogen-bond acceptors (Lipinski definition) is 3. The molecule has 116 valence electrons. The maximum Gasteiger partial charge on any atom is 0.402 e. The average Bonchev–Trinajstić information content (AvgIpc) is 2.89. The third kappa shape index (κ3) is 3.01. The zero-order valence-electron chi connectivity index (χ0n) is 11.4. The number of carbonyl (C=O) groups excluding carboxylic acids is 1. The topological polar surface area (TPSA) is 38.3 Å². The van der Waals surface area contributed by atoms with E-state index < -0.39 is 17.4 Å². The molecule has 1 saturated heterocycles. The van der Waals surface area contributed by atoms with Crippen LogP contribution in [0.5, 0.6) is 5.75 Å². The highest BCUT2D eigenvalue weighted by molar-refractivity contribution is 6.30. The van der Waals surface area contributed by atoms with Crippen molar-refractivity contribution in [3.63, 3.8) is 0 Å². The normalized spacial score (nSPS) is 22.3. The molecule has 0 aromatic heterocycles. The first-order chi connectivity index (χ1) is 9.80. The molecule has 1 aliphatic rings. The van der Waals surface area contributed by atoms with Gasteiger partial charge in [-0.1, -0.05) is 11.6 Å². The number of Topliss-reactive ketones (excluding diaryl/α,β-unsaturated/α-hetero) is 1. The lowest BCUT2D eigenvalue weighted by molar-refractivity contribution is -0.214. The Kier molecular flexibility index (Phi) is 4.49. The second kappa shape index (κ2) is 5.85. The van der Waals surface area contributed by atoms with E-state index in [1.54, 1.807) is 6.07 Å². The SMILES string of the molecule is COc1ccc(Cl)cc1CC(=O)C1(C(F)(F)F)CCNC1. The Hall–Kier alpha value is -1.27. The molecule has 1 fully saturated rings. The lowest BCUT2D eigenvalue weighted by Crippen LogP contribution is -2.47. The summed E-state index contributed by atoms with van der Waals surface area (Å²) in [5, 5.41) is 2.98. The van der Waals surface area contributed by atoms with Crippen LogP contribution in [0.15, 0.2) is 18.2 Å². The average molecular weight is 322 g/mol. The number of ether oxygens (including phenoxy) is 1. The van der Waals surface area contributed by atoms with Crippen LogP contribution in [-0.2, 0) is 11.2 Å². The number of benzene rings is 1. The second-order valence-corrected chi connectivity index (χ2v) is 5.50. The molecule has 21 heavy (non-hydrogen) atoms. The molecular weight excluding hydrogens is 307 g/mol. The van der Waals surface area contributed by atoms with Crippen LogP contribution in [0.3, 0.4) is 0 Å². The van der Waals surface area contributed by atoms with Crippen LogP contribution in [0.25, 0.3) is 0 Å². The van der Waals surface area contributed by atoms with E-state index in [-0.39, 0.29) is 25.9 Å². The van der Waals surface area contributed by atoms with E-state index in [0.717, 1.165) is 0 Å². The fourth-order valence-electron chi connectivity index (χ4n) is 2.56. The van der Waals surface area contributed by atoms with E-state index >= 15 is 0 Å². The summed E-state index contributed by atoms with van der Waals surface area (Å²) < 4.78 is 45.0. The number of hydrogen-bond donors (Lipinski definition) is 1. The summed E-state index contributed by atoms with van der Waals surface area (Å²) in [5.41, 5.74) is -1.95. The third-order valence-corrected chi connectivity index (χ3v) is 4.06. The predicted molar refractivity (Wildman–Crippen MR) is 72.7 cm³/mol. The number of nitrogens with one attached hydrogen (secondary N) is 1. The van der Waals surface area contributed by atoms with Crippen molar-refractivity contribution in [1.29, 1.82) is 0 Å². The Labute approximate surface area is 125 Å². The zero-order valence-corrected chi connectivity index (χ0v) is 12.1. The fourth-order valence-corrected chi connectivity index (χ4v) is 2.75. The van der Waals surface area contributed by atoms with Crippen LogP contribution < -0.4 is 10.1 Å². The van der Waals surface area contributed by atoms with Crippen LogP contribution in [-0.4, -0.2) is 32.2 Å². The van der Waals surface area contributed by atoms with E-state index in [9.17, 15) is 18.0 Å². The summed E-state index contributed by atoms with van der Waals surface area (Å²) in [5.74, 6) is -0.503. The minimum absolute atomic E-state index is 0.179.